The van der Waals surface area contributed by atoms with Gasteiger partial charge in [-0.2, -0.15) is 0 Å². The number of hydrogen-bond acceptors (Lipinski definition) is 4. The van der Waals surface area contributed by atoms with Crippen molar-refractivity contribution in [2.75, 3.05) is 5.32 Å². The molecule has 2 aromatic heterocycles. The van der Waals surface area contributed by atoms with Crippen LogP contribution < -0.4 is 10.6 Å². The number of fused-ring (bicyclic) bond motifs is 4. The molecule has 7 nitrogen and oxygen atoms in total. The van der Waals surface area contributed by atoms with E-state index in [4.69, 9.17) is 9.15 Å². The van der Waals surface area contributed by atoms with Crippen molar-refractivity contribution in [3.05, 3.63) is 78.5 Å². The van der Waals surface area contributed by atoms with Gasteiger partial charge in [0.05, 0.1) is 0 Å². The fourth-order valence-corrected chi connectivity index (χ4v) is 4.21. The third-order valence-electron chi connectivity index (χ3n) is 5.75. The molecular formula is C28H27N3O4. The second-order valence-electron chi connectivity index (χ2n) is 9.56. The van der Waals surface area contributed by atoms with Gasteiger partial charge in [-0.15, -0.1) is 0 Å². The third kappa shape index (κ3) is 4.84. The van der Waals surface area contributed by atoms with Gasteiger partial charge < -0.3 is 24.8 Å². The fraction of sp³-hybridized carbons (Fsp3) is 0.214. The predicted molar refractivity (Wildman–Crippen MR) is 138 cm³/mol. The summed E-state index contributed by atoms with van der Waals surface area (Å²) in [6.45, 7) is 5.34. The molecule has 0 saturated carbocycles. The van der Waals surface area contributed by atoms with E-state index in [2.05, 4.69) is 15.6 Å². The van der Waals surface area contributed by atoms with Crippen LogP contribution in [0.2, 0.25) is 0 Å². The number of ether oxygens (including phenoxy) is 1. The van der Waals surface area contributed by atoms with Crippen molar-refractivity contribution in [2.45, 2.75) is 38.8 Å². The van der Waals surface area contributed by atoms with Crippen LogP contribution in [0.15, 0.2) is 77.3 Å². The van der Waals surface area contributed by atoms with E-state index in [0.717, 1.165) is 32.8 Å². The number of amides is 2. The van der Waals surface area contributed by atoms with Crippen molar-refractivity contribution in [2.24, 2.45) is 0 Å². The van der Waals surface area contributed by atoms with Crippen molar-refractivity contribution >= 4 is 50.5 Å². The molecule has 1 atom stereocenters. The Bertz CT molecular complexity index is 1540. The highest BCUT2D eigenvalue weighted by Gasteiger charge is 2.26. The molecule has 0 aliphatic rings. The first-order valence-corrected chi connectivity index (χ1v) is 11.5. The van der Waals surface area contributed by atoms with Gasteiger partial charge in [0, 0.05) is 46.0 Å². The van der Waals surface area contributed by atoms with Gasteiger partial charge in [0.15, 0.2) is 0 Å². The molecule has 0 bridgehead atoms. The molecule has 0 aliphatic carbocycles. The molecule has 0 unspecified atom stereocenters. The quantitative estimate of drug-likeness (QED) is 0.288. The normalized spacial score (nSPS) is 12.7. The maximum absolute atomic E-state index is 13.4. The number of H-pyrrole nitrogens is 1. The van der Waals surface area contributed by atoms with Gasteiger partial charge in [0.1, 0.15) is 22.8 Å². The minimum absolute atomic E-state index is 0.294. The Morgan fingerprint density at radius 3 is 2.46 bits per heavy atom. The van der Waals surface area contributed by atoms with Gasteiger partial charge in [0.2, 0.25) is 5.91 Å². The number of carbonyl (C=O) groups is 2. The van der Waals surface area contributed by atoms with E-state index >= 15 is 0 Å². The van der Waals surface area contributed by atoms with Crippen molar-refractivity contribution in [3.63, 3.8) is 0 Å². The van der Waals surface area contributed by atoms with Crippen LogP contribution in [-0.4, -0.2) is 28.6 Å². The van der Waals surface area contributed by atoms with Crippen LogP contribution in [0.3, 0.4) is 0 Å². The number of para-hydroxylation sites is 2. The second-order valence-corrected chi connectivity index (χ2v) is 9.56. The number of benzene rings is 3. The highest BCUT2D eigenvalue weighted by molar-refractivity contribution is 6.06. The molecule has 0 radical (unpaired) electrons. The Kier molecular flexibility index (Phi) is 5.68. The molecular weight excluding hydrogens is 442 g/mol. The number of rotatable bonds is 5. The Labute approximate surface area is 202 Å². The van der Waals surface area contributed by atoms with Crippen LogP contribution in [0.4, 0.5) is 10.5 Å². The van der Waals surface area contributed by atoms with E-state index in [1.807, 2.05) is 66.9 Å². The summed E-state index contributed by atoms with van der Waals surface area (Å²) in [5, 5.41) is 8.66. The summed E-state index contributed by atoms with van der Waals surface area (Å²) in [7, 11) is 0. The van der Waals surface area contributed by atoms with Gasteiger partial charge in [-0.3, -0.25) is 4.79 Å². The molecule has 35 heavy (non-hydrogen) atoms. The number of furan rings is 1. The van der Waals surface area contributed by atoms with Crippen LogP contribution in [0.5, 0.6) is 0 Å². The molecule has 0 spiro atoms. The van der Waals surface area contributed by atoms with Gasteiger partial charge in [-0.1, -0.05) is 36.4 Å². The molecule has 0 fully saturated rings. The molecule has 5 rings (SSSR count). The summed E-state index contributed by atoms with van der Waals surface area (Å²) in [6, 6.07) is 20.3. The molecule has 3 N–H and O–H groups in total. The summed E-state index contributed by atoms with van der Waals surface area (Å²) in [5.74, 6) is -0.350. The zero-order valence-electron chi connectivity index (χ0n) is 19.8. The molecule has 0 saturated heterocycles. The van der Waals surface area contributed by atoms with E-state index in [1.54, 1.807) is 26.8 Å². The minimum Gasteiger partial charge on any atom is -0.456 e. The Morgan fingerprint density at radius 2 is 1.66 bits per heavy atom. The van der Waals surface area contributed by atoms with Gasteiger partial charge >= 0.3 is 6.09 Å². The number of aromatic nitrogens is 1. The zero-order chi connectivity index (χ0) is 24.6. The van der Waals surface area contributed by atoms with Crippen molar-refractivity contribution < 1.29 is 18.7 Å². The maximum Gasteiger partial charge on any atom is 0.408 e. The Hall–Kier alpha value is -4.26. The van der Waals surface area contributed by atoms with Crippen LogP contribution in [0.25, 0.3) is 32.8 Å². The first-order chi connectivity index (χ1) is 16.8. The average molecular weight is 470 g/mol. The summed E-state index contributed by atoms with van der Waals surface area (Å²) < 4.78 is 11.4. The zero-order valence-corrected chi connectivity index (χ0v) is 19.8. The van der Waals surface area contributed by atoms with Crippen molar-refractivity contribution in [3.8, 4) is 0 Å². The molecule has 5 aromatic rings. The number of carbonyl (C=O) groups excluding carboxylic acids is 2. The number of aromatic amines is 1. The van der Waals surface area contributed by atoms with Crippen LogP contribution in [-0.2, 0) is 16.0 Å². The lowest BCUT2D eigenvalue weighted by molar-refractivity contribution is -0.118. The number of nitrogens with one attached hydrogen (secondary N) is 3. The van der Waals surface area contributed by atoms with E-state index < -0.39 is 17.7 Å². The topological polar surface area (TPSA) is 96.4 Å². The standard InChI is InChI=1S/C28H27N3O4/c1-28(2,3)35-27(33)31-23(14-17-16-29-22-10-6-4-8-19(17)22)26(32)30-18-12-13-21-20-9-5-7-11-24(20)34-25(21)15-18/h4-13,15-16,23,29H,14H2,1-3H3,(H,30,32)(H,31,33)/t23-/m0/s1. The lowest BCUT2D eigenvalue weighted by atomic mass is 10.0. The summed E-state index contributed by atoms with van der Waals surface area (Å²) in [6.07, 6.45) is 1.51. The Balaban J connectivity index is 1.41. The lowest BCUT2D eigenvalue weighted by Gasteiger charge is -2.23. The molecule has 2 heterocycles. The van der Waals surface area contributed by atoms with E-state index in [9.17, 15) is 9.59 Å². The van der Waals surface area contributed by atoms with Crippen LogP contribution in [0.1, 0.15) is 26.3 Å². The second kappa shape index (κ2) is 8.83. The van der Waals surface area contributed by atoms with Crippen LogP contribution >= 0.6 is 0 Å². The summed E-state index contributed by atoms with van der Waals surface area (Å²) in [5.41, 5.74) is 3.25. The highest BCUT2D eigenvalue weighted by Crippen LogP contribution is 2.30. The fourth-order valence-electron chi connectivity index (χ4n) is 4.21. The monoisotopic (exact) mass is 469 g/mol. The van der Waals surface area contributed by atoms with Gasteiger partial charge in [-0.25, -0.2) is 4.79 Å². The molecule has 0 aliphatic heterocycles. The Morgan fingerprint density at radius 1 is 0.943 bits per heavy atom. The number of alkyl carbamates (subject to hydrolysis) is 1. The van der Waals surface area contributed by atoms with Crippen LogP contribution in [0, 0.1) is 0 Å². The summed E-state index contributed by atoms with van der Waals surface area (Å²) >= 11 is 0. The van der Waals surface area contributed by atoms with E-state index in [1.165, 1.54) is 0 Å². The average Bonchev–Trinajstić information content (AvgIpc) is 3.38. The maximum atomic E-state index is 13.4. The van der Waals surface area contributed by atoms with Gasteiger partial charge in [-0.05, 0) is 50.6 Å². The third-order valence-corrected chi connectivity index (χ3v) is 5.75. The van der Waals surface area contributed by atoms with Gasteiger partial charge in [0.25, 0.3) is 0 Å². The first-order valence-electron chi connectivity index (χ1n) is 11.5. The molecule has 2 amide bonds. The van der Waals surface area contributed by atoms with E-state index in [0.29, 0.717) is 17.7 Å². The molecule has 178 valence electrons. The first kappa shape index (κ1) is 22.5. The predicted octanol–water partition coefficient (Wildman–Crippen LogP) is 6.14. The number of hydrogen-bond donors (Lipinski definition) is 3. The smallest absolute Gasteiger partial charge is 0.408 e. The summed E-state index contributed by atoms with van der Waals surface area (Å²) in [4.78, 5) is 29.1. The number of anilines is 1. The molecule has 7 heteroatoms. The largest absolute Gasteiger partial charge is 0.456 e. The van der Waals surface area contributed by atoms with Crippen molar-refractivity contribution in [1.29, 1.82) is 0 Å². The van der Waals surface area contributed by atoms with Crippen molar-refractivity contribution in [1.82, 2.24) is 10.3 Å². The highest BCUT2D eigenvalue weighted by atomic mass is 16.6. The SMILES string of the molecule is CC(C)(C)OC(=O)N[C@@H](Cc1c[nH]c2ccccc12)C(=O)Nc1ccc2c(c1)oc1ccccc12. The lowest BCUT2D eigenvalue weighted by Crippen LogP contribution is -2.47. The van der Waals surface area contributed by atoms with E-state index in [-0.39, 0.29) is 5.91 Å². The molecule has 3 aromatic carbocycles. The minimum atomic E-state index is -0.851.